The van der Waals surface area contributed by atoms with Gasteiger partial charge in [0, 0.05) is 18.4 Å². The van der Waals surface area contributed by atoms with Crippen molar-refractivity contribution in [3.05, 3.63) is 71.0 Å². The van der Waals surface area contributed by atoms with Crippen LogP contribution in [0.2, 0.25) is 0 Å². The van der Waals surface area contributed by atoms with Crippen LogP contribution in [-0.4, -0.2) is 21.8 Å². The van der Waals surface area contributed by atoms with Crippen molar-refractivity contribution in [1.82, 2.24) is 4.98 Å². The molecule has 1 amide bonds. The van der Waals surface area contributed by atoms with Gasteiger partial charge in [0.15, 0.2) is 10.9 Å². The fourth-order valence-electron chi connectivity index (χ4n) is 4.37. The molecular formula is C23H20N2O3S. The fourth-order valence-corrected chi connectivity index (χ4v) is 5.37. The van der Waals surface area contributed by atoms with Crippen molar-refractivity contribution in [3.63, 3.8) is 0 Å². The minimum atomic E-state index is -0.650. The first kappa shape index (κ1) is 18.1. The van der Waals surface area contributed by atoms with Gasteiger partial charge >= 0.3 is 0 Å². The molecular weight excluding hydrogens is 384 g/mol. The third-order valence-electron chi connectivity index (χ3n) is 5.62. The fraction of sp³-hybridized carbons (Fsp3) is 0.261. The van der Waals surface area contributed by atoms with E-state index in [0.29, 0.717) is 29.1 Å². The van der Waals surface area contributed by atoms with Crippen molar-refractivity contribution >= 4 is 38.4 Å². The summed E-state index contributed by atoms with van der Waals surface area (Å²) in [7, 11) is 0. The van der Waals surface area contributed by atoms with Crippen LogP contribution in [0.4, 0.5) is 5.13 Å². The summed E-state index contributed by atoms with van der Waals surface area (Å²) in [6.45, 7) is 3.94. The zero-order valence-corrected chi connectivity index (χ0v) is 17.0. The molecule has 5 nitrogen and oxygen atoms in total. The number of hydrogen-bond acceptors (Lipinski definition) is 5. The molecule has 2 aliphatic rings. The predicted octanol–water partition coefficient (Wildman–Crippen LogP) is 5.20. The Morgan fingerprint density at radius 3 is 2.55 bits per heavy atom. The summed E-state index contributed by atoms with van der Waals surface area (Å²) in [6, 6.07) is 14.4. The first-order valence-electron chi connectivity index (χ1n) is 9.59. The Morgan fingerprint density at radius 2 is 1.79 bits per heavy atom. The number of anilines is 1. The van der Waals surface area contributed by atoms with Crippen LogP contribution in [0.15, 0.2) is 59.9 Å². The number of hydrogen-bond donors (Lipinski definition) is 1. The molecule has 146 valence electrons. The van der Waals surface area contributed by atoms with Gasteiger partial charge in [-0.3, -0.25) is 14.5 Å². The van der Waals surface area contributed by atoms with Gasteiger partial charge in [-0.1, -0.05) is 55.5 Å². The molecule has 3 aromatic rings. The van der Waals surface area contributed by atoms with Crippen LogP contribution < -0.4 is 4.90 Å². The van der Waals surface area contributed by atoms with Gasteiger partial charge in [-0.25, -0.2) is 4.98 Å². The highest BCUT2D eigenvalue weighted by Gasteiger charge is 2.46. The lowest BCUT2D eigenvalue weighted by Gasteiger charge is -2.33. The molecule has 0 radical (unpaired) electrons. The Bertz CT molecular complexity index is 1170. The smallest absolute Gasteiger partial charge is 0.261 e. The van der Waals surface area contributed by atoms with E-state index in [1.54, 1.807) is 11.0 Å². The first-order valence-corrected chi connectivity index (χ1v) is 10.4. The van der Waals surface area contributed by atoms with Crippen LogP contribution in [0.3, 0.4) is 0 Å². The number of rotatable bonds is 2. The first-order chi connectivity index (χ1) is 13.9. The van der Waals surface area contributed by atoms with E-state index >= 15 is 0 Å². The summed E-state index contributed by atoms with van der Waals surface area (Å²) in [5, 5.41) is 11.4. The second-order valence-corrected chi connectivity index (χ2v) is 9.44. The van der Waals surface area contributed by atoms with E-state index in [1.165, 1.54) is 11.3 Å². The molecule has 6 heteroatoms. The normalized spacial score (nSPS) is 21.2. The molecule has 1 aromatic heterocycles. The third kappa shape index (κ3) is 2.78. The van der Waals surface area contributed by atoms with Gasteiger partial charge in [-0.15, -0.1) is 0 Å². The molecule has 2 aromatic carbocycles. The number of fused-ring (bicyclic) bond motifs is 2. The Morgan fingerprint density at radius 1 is 1.07 bits per heavy atom. The molecule has 1 unspecified atom stereocenters. The predicted molar refractivity (Wildman–Crippen MR) is 113 cm³/mol. The number of amides is 1. The molecule has 2 heterocycles. The zero-order valence-electron chi connectivity index (χ0n) is 16.2. The number of ketones is 1. The van der Waals surface area contributed by atoms with E-state index in [0.717, 1.165) is 15.8 Å². The lowest BCUT2D eigenvalue weighted by Crippen LogP contribution is -2.35. The minimum Gasteiger partial charge on any atom is -0.512 e. The van der Waals surface area contributed by atoms with E-state index < -0.39 is 6.04 Å². The second-order valence-electron chi connectivity index (χ2n) is 8.43. The van der Waals surface area contributed by atoms with Crippen molar-refractivity contribution in [1.29, 1.82) is 0 Å². The van der Waals surface area contributed by atoms with Crippen LogP contribution in [0.5, 0.6) is 0 Å². The number of carbonyl (C=O) groups is 2. The van der Waals surface area contributed by atoms with E-state index in [1.807, 2.05) is 56.3 Å². The Labute approximate surface area is 172 Å². The van der Waals surface area contributed by atoms with Crippen molar-refractivity contribution in [2.24, 2.45) is 5.41 Å². The SMILES string of the molecule is CC1(C)CC(=O)C(C2c3ccccc3C(=O)N2c2nc3ccccc3s2)=C(O)C1. The van der Waals surface area contributed by atoms with Crippen LogP contribution in [0, 0.1) is 5.41 Å². The van der Waals surface area contributed by atoms with Crippen LogP contribution in [0.1, 0.15) is 48.7 Å². The summed E-state index contributed by atoms with van der Waals surface area (Å²) in [4.78, 5) is 32.7. The molecule has 0 fully saturated rings. The number of aromatic nitrogens is 1. The van der Waals surface area contributed by atoms with Crippen LogP contribution in [0.25, 0.3) is 10.2 Å². The number of allylic oxidation sites excluding steroid dienone is 1. The summed E-state index contributed by atoms with van der Waals surface area (Å²) in [6.07, 6.45) is 0.752. The molecule has 1 atom stereocenters. The van der Waals surface area contributed by atoms with E-state index in [-0.39, 0.29) is 22.9 Å². The van der Waals surface area contributed by atoms with Gasteiger partial charge in [0.05, 0.1) is 21.8 Å². The monoisotopic (exact) mass is 404 g/mol. The Hall–Kier alpha value is -2.99. The number of para-hydroxylation sites is 1. The lowest BCUT2D eigenvalue weighted by molar-refractivity contribution is -0.118. The number of thiazole rings is 1. The van der Waals surface area contributed by atoms with Gasteiger partial charge < -0.3 is 5.11 Å². The summed E-state index contributed by atoms with van der Waals surface area (Å²) in [5.74, 6) is -0.228. The molecule has 0 spiro atoms. The van der Waals surface area contributed by atoms with Gasteiger partial charge in [0.25, 0.3) is 5.91 Å². The topological polar surface area (TPSA) is 70.5 Å². The van der Waals surface area contributed by atoms with E-state index in [9.17, 15) is 14.7 Å². The molecule has 0 saturated carbocycles. The average Bonchev–Trinajstić information content (AvgIpc) is 3.20. The van der Waals surface area contributed by atoms with Crippen LogP contribution >= 0.6 is 11.3 Å². The quantitative estimate of drug-likeness (QED) is 0.637. The molecule has 1 aliphatic carbocycles. The van der Waals surface area contributed by atoms with Crippen molar-refractivity contribution in [2.45, 2.75) is 32.7 Å². The number of benzene rings is 2. The summed E-state index contributed by atoms with van der Waals surface area (Å²) < 4.78 is 0.972. The number of aliphatic hydroxyl groups is 1. The van der Waals surface area contributed by atoms with Crippen molar-refractivity contribution in [3.8, 4) is 0 Å². The maximum atomic E-state index is 13.3. The highest BCUT2D eigenvalue weighted by molar-refractivity contribution is 7.22. The number of aliphatic hydroxyl groups excluding tert-OH is 1. The number of Topliss-reactive ketones (excluding diaryl/α,β-unsaturated/α-hetero) is 1. The maximum Gasteiger partial charge on any atom is 0.261 e. The van der Waals surface area contributed by atoms with Crippen molar-refractivity contribution < 1.29 is 14.7 Å². The molecule has 0 bridgehead atoms. The van der Waals surface area contributed by atoms with Crippen molar-refractivity contribution in [2.75, 3.05) is 4.90 Å². The second kappa shape index (κ2) is 6.26. The minimum absolute atomic E-state index is 0.0758. The molecule has 0 saturated heterocycles. The molecule has 5 rings (SSSR count). The average molecular weight is 404 g/mol. The highest BCUT2D eigenvalue weighted by Crippen LogP contribution is 2.48. The molecule has 1 aliphatic heterocycles. The summed E-state index contributed by atoms with van der Waals surface area (Å²) in [5.41, 5.74) is 2.13. The van der Waals surface area contributed by atoms with Gasteiger partial charge in [0.1, 0.15) is 5.76 Å². The Balaban J connectivity index is 1.72. The lowest BCUT2D eigenvalue weighted by atomic mass is 9.74. The van der Waals surface area contributed by atoms with Crippen LogP contribution in [-0.2, 0) is 4.79 Å². The zero-order chi connectivity index (χ0) is 20.3. The maximum absolute atomic E-state index is 13.3. The molecule has 29 heavy (non-hydrogen) atoms. The standard InChI is InChI=1S/C23H20N2O3S/c1-23(2)11-16(26)19(17(27)12-23)20-13-7-3-4-8-14(13)21(28)25(20)22-24-15-9-5-6-10-18(15)29-22/h3-10,20,26H,11-12H2,1-2H3. The van der Waals surface area contributed by atoms with Gasteiger partial charge in [-0.05, 0) is 29.2 Å². The van der Waals surface area contributed by atoms with E-state index in [4.69, 9.17) is 0 Å². The third-order valence-corrected chi connectivity index (χ3v) is 6.66. The molecule has 1 N–H and O–H groups in total. The van der Waals surface area contributed by atoms with E-state index in [2.05, 4.69) is 4.98 Å². The largest absolute Gasteiger partial charge is 0.512 e. The number of carbonyl (C=O) groups excluding carboxylic acids is 2. The summed E-state index contributed by atoms with van der Waals surface area (Å²) >= 11 is 1.42. The number of nitrogens with zero attached hydrogens (tertiary/aromatic N) is 2. The highest BCUT2D eigenvalue weighted by atomic mass is 32.1. The van der Waals surface area contributed by atoms with Gasteiger partial charge in [0.2, 0.25) is 0 Å². The van der Waals surface area contributed by atoms with Gasteiger partial charge in [-0.2, -0.15) is 0 Å². The Kier molecular flexibility index (Phi) is 3.90.